The Morgan fingerprint density at radius 2 is 1.92 bits per heavy atom. The van der Waals surface area contributed by atoms with Crippen molar-refractivity contribution >= 4 is 17.9 Å². The number of aromatic nitrogens is 1. The first-order valence-corrected chi connectivity index (χ1v) is 7.48. The van der Waals surface area contributed by atoms with Gasteiger partial charge in [0.05, 0.1) is 23.8 Å². The van der Waals surface area contributed by atoms with Gasteiger partial charge in [-0.05, 0) is 30.3 Å². The van der Waals surface area contributed by atoms with Crippen LogP contribution >= 0.6 is 0 Å². The Labute approximate surface area is 146 Å². The highest BCUT2D eigenvalue weighted by molar-refractivity contribution is 6.04. The molecule has 1 aliphatic heterocycles. The summed E-state index contributed by atoms with van der Waals surface area (Å²) in [5, 5.41) is 5.35. The SMILES string of the molecule is O=C(Nc1ccc(OC2=CNC=NC2)nc1)c1ccc(C(F)(F)F)cc1. The third kappa shape index (κ3) is 4.38. The molecular formula is C17H13F3N4O2. The number of hydrogen-bond donors (Lipinski definition) is 2. The van der Waals surface area contributed by atoms with Crippen molar-refractivity contribution in [3.8, 4) is 5.88 Å². The van der Waals surface area contributed by atoms with E-state index in [1.54, 1.807) is 24.7 Å². The van der Waals surface area contributed by atoms with Crippen LogP contribution in [0.5, 0.6) is 5.88 Å². The molecule has 1 aromatic carbocycles. The number of rotatable bonds is 4. The summed E-state index contributed by atoms with van der Waals surface area (Å²) >= 11 is 0. The van der Waals surface area contributed by atoms with Crippen molar-refractivity contribution in [1.82, 2.24) is 10.3 Å². The maximum absolute atomic E-state index is 12.5. The standard InChI is InChI=1S/C17H13F3N4O2/c18-17(19,20)12-3-1-11(2-4-12)16(25)24-13-5-6-15(23-7-13)26-14-8-21-10-22-9-14/h1-8,10H,9H2,(H,21,22)(H,24,25). The highest BCUT2D eigenvalue weighted by atomic mass is 19.4. The number of anilines is 1. The van der Waals surface area contributed by atoms with E-state index >= 15 is 0 Å². The van der Waals surface area contributed by atoms with Gasteiger partial charge in [0.1, 0.15) is 12.3 Å². The monoisotopic (exact) mass is 362 g/mol. The molecule has 134 valence electrons. The Balaban J connectivity index is 1.61. The summed E-state index contributed by atoms with van der Waals surface area (Å²) in [5.74, 6) is 0.368. The molecule has 9 heteroatoms. The van der Waals surface area contributed by atoms with Crippen molar-refractivity contribution in [2.45, 2.75) is 6.18 Å². The molecule has 1 aromatic heterocycles. The van der Waals surface area contributed by atoms with Gasteiger partial charge in [0.15, 0.2) is 0 Å². The number of halogens is 3. The van der Waals surface area contributed by atoms with Crippen molar-refractivity contribution in [2.75, 3.05) is 11.9 Å². The van der Waals surface area contributed by atoms with Gasteiger partial charge in [-0.3, -0.25) is 9.79 Å². The maximum atomic E-state index is 12.5. The second kappa shape index (κ2) is 7.26. The molecule has 0 bridgehead atoms. The minimum absolute atomic E-state index is 0.106. The van der Waals surface area contributed by atoms with Crippen LogP contribution in [0.3, 0.4) is 0 Å². The van der Waals surface area contributed by atoms with E-state index in [0.29, 0.717) is 23.9 Å². The maximum Gasteiger partial charge on any atom is 0.416 e. The summed E-state index contributed by atoms with van der Waals surface area (Å²) in [6, 6.07) is 7.08. The quantitative estimate of drug-likeness (QED) is 0.876. The van der Waals surface area contributed by atoms with Crippen LogP contribution in [0.4, 0.5) is 18.9 Å². The zero-order valence-corrected chi connectivity index (χ0v) is 13.2. The first-order chi connectivity index (χ1) is 12.4. The van der Waals surface area contributed by atoms with Gasteiger partial charge in [0, 0.05) is 17.8 Å². The molecule has 0 saturated carbocycles. The van der Waals surface area contributed by atoms with Gasteiger partial charge < -0.3 is 15.4 Å². The number of amides is 1. The van der Waals surface area contributed by atoms with Crippen molar-refractivity contribution in [3.63, 3.8) is 0 Å². The molecule has 6 nitrogen and oxygen atoms in total. The third-order valence-corrected chi connectivity index (χ3v) is 3.36. The lowest BCUT2D eigenvalue weighted by molar-refractivity contribution is -0.137. The molecule has 2 N–H and O–H groups in total. The van der Waals surface area contributed by atoms with Crippen LogP contribution in [-0.4, -0.2) is 23.8 Å². The van der Waals surface area contributed by atoms with Gasteiger partial charge in [0.25, 0.3) is 5.91 Å². The van der Waals surface area contributed by atoms with E-state index in [4.69, 9.17) is 4.74 Å². The minimum atomic E-state index is -4.44. The fourth-order valence-corrected chi connectivity index (χ4v) is 2.09. The van der Waals surface area contributed by atoms with Gasteiger partial charge in [-0.25, -0.2) is 4.98 Å². The molecular weight excluding hydrogens is 349 g/mol. The Morgan fingerprint density at radius 1 is 1.15 bits per heavy atom. The van der Waals surface area contributed by atoms with Crippen LogP contribution in [0.15, 0.2) is 59.5 Å². The highest BCUT2D eigenvalue weighted by Gasteiger charge is 2.30. The molecule has 0 radical (unpaired) electrons. The normalized spacial score (nSPS) is 13.6. The number of hydrogen-bond acceptors (Lipinski definition) is 5. The van der Waals surface area contributed by atoms with Crippen LogP contribution in [-0.2, 0) is 6.18 Å². The lowest BCUT2D eigenvalue weighted by Gasteiger charge is -2.11. The Bertz CT molecular complexity index is 844. The average Bonchev–Trinajstić information content (AvgIpc) is 2.63. The Kier molecular flexibility index (Phi) is 4.87. The molecule has 0 aliphatic carbocycles. The number of nitrogens with one attached hydrogen (secondary N) is 2. The molecule has 1 amide bonds. The molecule has 0 fully saturated rings. The smallest absolute Gasteiger partial charge is 0.416 e. The van der Waals surface area contributed by atoms with E-state index < -0.39 is 17.6 Å². The van der Waals surface area contributed by atoms with Crippen molar-refractivity contribution in [3.05, 3.63) is 65.7 Å². The van der Waals surface area contributed by atoms with Crippen LogP contribution in [0.1, 0.15) is 15.9 Å². The summed E-state index contributed by atoms with van der Waals surface area (Å²) in [6.45, 7) is 0.390. The molecule has 0 unspecified atom stereocenters. The number of benzene rings is 1. The highest BCUT2D eigenvalue weighted by Crippen LogP contribution is 2.29. The lowest BCUT2D eigenvalue weighted by Crippen LogP contribution is -2.14. The van der Waals surface area contributed by atoms with E-state index in [1.807, 2.05) is 0 Å². The van der Waals surface area contributed by atoms with Crippen molar-refractivity contribution in [2.24, 2.45) is 4.99 Å². The lowest BCUT2D eigenvalue weighted by atomic mass is 10.1. The Hall–Kier alpha value is -3.36. The molecule has 1 aliphatic rings. The number of ether oxygens (including phenoxy) is 1. The third-order valence-electron chi connectivity index (χ3n) is 3.36. The van der Waals surface area contributed by atoms with E-state index in [-0.39, 0.29) is 5.56 Å². The first-order valence-electron chi connectivity index (χ1n) is 7.48. The molecule has 0 atom stereocenters. The molecule has 3 rings (SSSR count). The fraction of sp³-hybridized carbons (Fsp3) is 0.118. The molecule has 26 heavy (non-hydrogen) atoms. The summed E-state index contributed by atoms with van der Waals surface area (Å²) in [6.07, 6.45) is 0.135. The summed E-state index contributed by atoms with van der Waals surface area (Å²) in [4.78, 5) is 20.1. The predicted molar refractivity (Wildman–Crippen MR) is 88.8 cm³/mol. The number of aliphatic imine (C=N–C) groups is 1. The first kappa shape index (κ1) is 17.5. The molecule has 0 saturated heterocycles. The van der Waals surface area contributed by atoms with E-state index in [9.17, 15) is 18.0 Å². The molecule has 2 aromatic rings. The Morgan fingerprint density at radius 3 is 2.50 bits per heavy atom. The zero-order chi connectivity index (χ0) is 18.6. The van der Waals surface area contributed by atoms with E-state index in [2.05, 4.69) is 20.6 Å². The number of nitrogens with zero attached hydrogens (tertiary/aromatic N) is 2. The van der Waals surface area contributed by atoms with Crippen LogP contribution in [0.2, 0.25) is 0 Å². The predicted octanol–water partition coefficient (Wildman–Crippen LogP) is 3.20. The van der Waals surface area contributed by atoms with Crippen LogP contribution < -0.4 is 15.4 Å². The number of alkyl halides is 3. The minimum Gasteiger partial charge on any atom is -0.440 e. The second-order valence-electron chi connectivity index (χ2n) is 5.26. The summed E-state index contributed by atoms with van der Waals surface area (Å²) in [5.41, 5.74) is -0.321. The van der Waals surface area contributed by atoms with Crippen molar-refractivity contribution < 1.29 is 22.7 Å². The van der Waals surface area contributed by atoms with Gasteiger partial charge in [0.2, 0.25) is 5.88 Å². The summed E-state index contributed by atoms with van der Waals surface area (Å²) < 4.78 is 43.1. The van der Waals surface area contributed by atoms with Gasteiger partial charge in [-0.1, -0.05) is 0 Å². The van der Waals surface area contributed by atoms with Gasteiger partial charge in [-0.15, -0.1) is 0 Å². The van der Waals surface area contributed by atoms with E-state index in [0.717, 1.165) is 24.3 Å². The van der Waals surface area contributed by atoms with E-state index in [1.165, 1.54) is 6.20 Å². The average molecular weight is 362 g/mol. The van der Waals surface area contributed by atoms with Crippen LogP contribution in [0, 0.1) is 0 Å². The fourth-order valence-electron chi connectivity index (χ4n) is 2.09. The van der Waals surface area contributed by atoms with Crippen molar-refractivity contribution in [1.29, 1.82) is 0 Å². The number of carbonyl (C=O) groups excluding carboxylic acids is 1. The van der Waals surface area contributed by atoms with Gasteiger partial charge >= 0.3 is 6.18 Å². The second-order valence-corrected chi connectivity index (χ2v) is 5.26. The topological polar surface area (TPSA) is 75.6 Å². The van der Waals surface area contributed by atoms with Crippen LogP contribution in [0.25, 0.3) is 0 Å². The summed E-state index contributed by atoms with van der Waals surface area (Å²) in [7, 11) is 0. The number of pyridine rings is 1. The zero-order valence-electron chi connectivity index (χ0n) is 13.2. The largest absolute Gasteiger partial charge is 0.440 e. The van der Waals surface area contributed by atoms with Gasteiger partial charge in [-0.2, -0.15) is 13.2 Å². The molecule has 0 spiro atoms. The number of carbonyl (C=O) groups is 1. The molecule has 2 heterocycles.